The van der Waals surface area contributed by atoms with Gasteiger partial charge in [0.25, 0.3) is 0 Å². The number of nitrogens with zero attached hydrogens (tertiary/aromatic N) is 1. The molecule has 4 aromatic carbocycles. The molecule has 3 aliphatic heterocycles. The third kappa shape index (κ3) is 3.90. The molecule has 1 amide bonds. The van der Waals surface area contributed by atoms with Gasteiger partial charge in [0.05, 0.1) is 19.1 Å². The summed E-state index contributed by atoms with van der Waals surface area (Å²) in [6.45, 7) is 4.05. The smallest absolute Gasteiger partial charge is 0.238 e. The van der Waals surface area contributed by atoms with E-state index in [0.29, 0.717) is 33.1 Å². The third-order valence-corrected chi connectivity index (χ3v) is 9.42. The van der Waals surface area contributed by atoms with Crippen LogP contribution in [0, 0.1) is 12.8 Å². The van der Waals surface area contributed by atoms with Gasteiger partial charge in [-0.1, -0.05) is 59.6 Å². The Labute approximate surface area is 254 Å². The lowest BCUT2D eigenvalue weighted by atomic mass is 9.64. The summed E-state index contributed by atoms with van der Waals surface area (Å²) >= 11 is 6.20. The molecule has 43 heavy (non-hydrogen) atoms. The van der Waals surface area contributed by atoms with Gasteiger partial charge in [-0.3, -0.25) is 14.4 Å². The predicted octanol–water partition coefficient (Wildman–Crippen LogP) is 6.90. The Morgan fingerprint density at radius 1 is 0.884 bits per heavy atom. The van der Waals surface area contributed by atoms with Crippen molar-refractivity contribution in [3.05, 3.63) is 130 Å². The minimum atomic E-state index is -1.38. The number of ketones is 2. The number of fused-ring (bicyclic) bond motifs is 6. The average Bonchev–Trinajstić information content (AvgIpc) is 3.49. The molecule has 7 heteroatoms. The third-order valence-electron chi connectivity index (χ3n) is 9.17. The zero-order valence-electron chi connectivity index (χ0n) is 23.9. The molecule has 214 valence electrons. The quantitative estimate of drug-likeness (QED) is 0.257. The van der Waals surface area contributed by atoms with Crippen LogP contribution in [0.25, 0.3) is 5.57 Å². The van der Waals surface area contributed by atoms with Gasteiger partial charge >= 0.3 is 0 Å². The predicted molar refractivity (Wildman–Crippen MR) is 168 cm³/mol. The Hall–Kier alpha value is -4.68. The van der Waals surface area contributed by atoms with Crippen molar-refractivity contribution in [2.75, 3.05) is 17.3 Å². The van der Waals surface area contributed by atoms with Gasteiger partial charge in [0.15, 0.2) is 11.6 Å². The van der Waals surface area contributed by atoms with E-state index in [1.54, 1.807) is 55.6 Å². The average molecular weight is 589 g/mol. The van der Waals surface area contributed by atoms with Gasteiger partial charge in [-0.15, -0.1) is 0 Å². The van der Waals surface area contributed by atoms with Crippen LogP contribution in [0.5, 0.6) is 5.75 Å². The summed E-state index contributed by atoms with van der Waals surface area (Å²) in [5.74, 6) is -1.37. The number of allylic oxidation sites excluding steroid dienone is 1. The van der Waals surface area contributed by atoms with E-state index in [0.717, 1.165) is 22.4 Å². The first-order chi connectivity index (χ1) is 20.7. The van der Waals surface area contributed by atoms with E-state index in [2.05, 4.69) is 17.5 Å². The molecule has 0 unspecified atom stereocenters. The van der Waals surface area contributed by atoms with Gasteiger partial charge in [0.2, 0.25) is 5.91 Å². The van der Waals surface area contributed by atoms with Crippen LogP contribution in [0.3, 0.4) is 0 Å². The molecule has 6 nitrogen and oxygen atoms in total. The van der Waals surface area contributed by atoms with Crippen molar-refractivity contribution < 1.29 is 19.1 Å². The number of Topliss-reactive ketones (excluding diaryl/α,β-unsaturated/α-hetero) is 2. The minimum Gasteiger partial charge on any atom is -0.497 e. The van der Waals surface area contributed by atoms with Gasteiger partial charge in [-0.05, 0) is 79.6 Å². The Morgan fingerprint density at radius 3 is 2.42 bits per heavy atom. The number of carbonyl (C=O) groups excluding carboxylic acids is 3. The number of carbonyl (C=O) groups is 3. The maximum absolute atomic E-state index is 14.9. The molecule has 4 atom stereocenters. The number of halogens is 1. The van der Waals surface area contributed by atoms with Gasteiger partial charge in [-0.25, -0.2) is 0 Å². The summed E-state index contributed by atoms with van der Waals surface area (Å²) in [7, 11) is 1.55. The molecule has 1 N–H and O–H groups in total. The Bertz CT molecular complexity index is 1860. The number of amides is 1. The highest BCUT2D eigenvalue weighted by Crippen LogP contribution is 2.59. The molecule has 7 rings (SSSR count). The normalized spacial score (nSPS) is 23.3. The molecular formula is C36H29ClN2O4. The van der Waals surface area contributed by atoms with Gasteiger partial charge in [0, 0.05) is 33.1 Å². The molecule has 1 saturated heterocycles. The maximum atomic E-state index is 14.9. The lowest BCUT2D eigenvalue weighted by Crippen LogP contribution is -2.51. The first-order valence-electron chi connectivity index (χ1n) is 14.2. The van der Waals surface area contributed by atoms with E-state index in [4.69, 9.17) is 16.3 Å². The fourth-order valence-electron chi connectivity index (χ4n) is 7.29. The highest BCUT2D eigenvalue weighted by Gasteiger charge is 2.70. The van der Waals surface area contributed by atoms with E-state index >= 15 is 0 Å². The van der Waals surface area contributed by atoms with Crippen molar-refractivity contribution in [1.82, 2.24) is 0 Å². The van der Waals surface area contributed by atoms with Gasteiger partial charge in [-0.2, -0.15) is 0 Å². The number of anilines is 2. The number of hydrogen-bond donors (Lipinski definition) is 1. The molecule has 0 saturated carbocycles. The van der Waals surface area contributed by atoms with Crippen molar-refractivity contribution in [1.29, 1.82) is 0 Å². The number of para-hydroxylation sites is 1. The van der Waals surface area contributed by atoms with Crippen molar-refractivity contribution in [3.63, 3.8) is 0 Å². The van der Waals surface area contributed by atoms with E-state index in [9.17, 15) is 14.4 Å². The molecule has 3 aliphatic rings. The van der Waals surface area contributed by atoms with E-state index < -0.39 is 23.4 Å². The SMILES string of the molecule is COc1cccc(C(=O)[C@@H]2[C@@H](C(=O)c3ccc(Cl)cc3)[C@]3(C(=O)Nc4ccccc43)[C@H]3C=C(C)c4cc(C)ccc4N23)c1. The summed E-state index contributed by atoms with van der Waals surface area (Å²) in [5, 5.41) is 3.57. The van der Waals surface area contributed by atoms with E-state index in [1.165, 1.54) is 0 Å². The number of nitrogens with one attached hydrogen (secondary N) is 1. The first-order valence-corrected chi connectivity index (χ1v) is 14.6. The second kappa shape index (κ2) is 9.96. The number of aryl methyl sites for hydroxylation is 1. The van der Waals surface area contributed by atoms with Crippen LogP contribution in [-0.4, -0.2) is 36.7 Å². The fraction of sp³-hybridized carbons (Fsp3) is 0.194. The molecule has 0 aromatic heterocycles. The maximum Gasteiger partial charge on any atom is 0.238 e. The standard InChI is InChI=1S/C36H29ClN2O4/c1-20-11-16-29-26(17-20)21(2)18-30-36(27-9-4-5-10-28(27)38-35(36)42)31(33(40)22-12-14-24(37)15-13-22)32(39(29)30)34(41)23-7-6-8-25(19-23)43-3/h4-19,30-32H,1-3H3,(H,38,42)/t30-,31+,32+,36-/m1/s1. The molecule has 0 bridgehead atoms. The number of hydrogen-bond acceptors (Lipinski definition) is 5. The molecule has 0 aliphatic carbocycles. The first kappa shape index (κ1) is 27.2. The lowest BCUT2D eigenvalue weighted by Gasteiger charge is -2.39. The Morgan fingerprint density at radius 2 is 1.65 bits per heavy atom. The molecule has 1 spiro atoms. The number of rotatable bonds is 5. The monoisotopic (exact) mass is 588 g/mol. The summed E-state index contributed by atoms with van der Waals surface area (Å²) in [6, 6.07) is 25.6. The number of methoxy groups -OCH3 is 1. The summed E-state index contributed by atoms with van der Waals surface area (Å²) < 4.78 is 5.45. The Kier molecular flexibility index (Phi) is 6.29. The molecular weight excluding hydrogens is 560 g/mol. The zero-order valence-corrected chi connectivity index (χ0v) is 24.7. The number of benzene rings is 4. The van der Waals surface area contributed by atoms with Crippen LogP contribution in [-0.2, 0) is 10.2 Å². The molecule has 3 heterocycles. The Balaban J connectivity index is 1.55. The van der Waals surface area contributed by atoms with Crippen molar-refractivity contribution in [2.24, 2.45) is 5.92 Å². The van der Waals surface area contributed by atoms with Crippen LogP contribution in [0.2, 0.25) is 5.02 Å². The highest BCUT2D eigenvalue weighted by molar-refractivity contribution is 6.30. The minimum absolute atomic E-state index is 0.259. The van der Waals surface area contributed by atoms with Crippen LogP contribution < -0.4 is 15.0 Å². The van der Waals surface area contributed by atoms with E-state index in [1.807, 2.05) is 55.1 Å². The zero-order chi connectivity index (χ0) is 30.0. The second-order valence-corrected chi connectivity index (χ2v) is 11.9. The van der Waals surface area contributed by atoms with Gasteiger partial charge < -0.3 is 15.0 Å². The van der Waals surface area contributed by atoms with Crippen LogP contribution in [0.15, 0.2) is 97.1 Å². The number of ether oxygens (including phenoxy) is 1. The van der Waals surface area contributed by atoms with Crippen LogP contribution in [0.4, 0.5) is 11.4 Å². The summed E-state index contributed by atoms with van der Waals surface area (Å²) in [5.41, 5.74) is 4.63. The van der Waals surface area contributed by atoms with Crippen LogP contribution >= 0.6 is 11.6 Å². The van der Waals surface area contributed by atoms with E-state index in [-0.39, 0.29) is 17.5 Å². The molecule has 1 fully saturated rings. The van der Waals surface area contributed by atoms with Crippen LogP contribution in [0.1, 0.15) is 44.3 Å². The topological polar surface area (TPSA) is 75.7 Å². The van der Waals surface area contributed by atoms with Crippen molar-refractivity contribution >= 4 is 46.0 Å². The fourth-order valence-corrected chi connectivity index (χ4v) is 7.41. The van der Waals surface area contributed by atoms with Gasteiger partial charge in [0.1, 0.15) is 17.2 Å². The van der Waals surface area contributed by atoms with Crippen molar-refractivity contribution in [2.45, 2.75) is 31.3 Å². The van der Waals surface area contributed by atoms with Crippen molar-refractivity contribution in [3.8, 4) is 5.75 Å². The summed E-state index contributed by atoms with van der Waals surface area (Å²) in [6.07, 6.45) is 2.06. The second-order valence-electron chi connectivity index (χ2n) is 11.5. The molecule has 4 aromatic rings. The summed E-state index contributed by atoms with van der Waals surface area (Å²) in [4.78, 5) is 46.3. The molecule has 0 radical (unpaired) electrons. The highest BCUT2D eigenvalue weighted by atomic mass is 35.5. The largest absolute Gasteiger partial charge is 0.497 e. The lowest BCUT2D eigenvalue weighted by molar-refractivity contribution is -0.121.